The number of benzene rings is 1. The van der Waals surface area contributed by atoms with Crippen LogP contribution in [0.3, 0.4) is 0 Å². The first-order valence-electron chi connectivity index (χ1n) is 5.52. The van der Waals surface area contributed by atoms with Gasteiger partial charge in [0.25, 0.3) is 5.91 Å². The molecule has 1 rings (SSSR count). The van der Waals surface area contributed by atoms with E-state index in [9.17, 15) is 22.8 Å². The Hall–Kier alpha value is -2.25. The Morgan fingerprint density at radius 2 is 2.05 bits per heavy atom. The van der Waals surface area contributed by atoms with Gasteiger partial charge in [0.15, 0.2) is 6.61 Å². The number of halogens is 3. The number of carboxylic acids is 1. The number of carboxylic acid groups (broad SMARTS) is 1. The molecule has 0 saturated carbocycles. The normalized spacial score (nSPS) is 12.6. The lowest BCUT2D eigenvalue weighted by atomic mass is 10.2. The number of carbonyl (C=O) groups excluding carboxylic acids is 1. The summed E-state index contributed by atoms with van der Waals surface area (Å²) in [5.41, 5.74) is -0.894. The predicted octanol–water partition coefficient (Wildman–Crippen LogP) is 1.67. The number of carbonyl (C=O) groups is 2. The highest BCUT2D eigenvalue weighted by Gasteiger charge is 2.30. The van der Waals surface area contributed by atoms with E-state index in [1.165, 1.54) is 13.0 Å². The lowest BCUT2D eigenvalue weighted by Crippen LogP contribution is -2.40. The maximum atomic E-state index is 12.4. The summed E-state index contributed by atoms with van der Waals surface area (Å²) in [5, 5.41) is 10.7. The van der Waals surface area contributed by atoms with Gasteiger partial charge in [0.1, 0.15) is 11.8 Å². The van der Waals surface area contributed by atoms with Crippen LogP contribution in [0.2, 0.25) is 0 Å². The number of hydrogen-bond donors (Lipinski definition) is 2. The summed E-state index contributed by atoms with van der Waals surface area (Å²) in [7, 11) is 0. The van der Waals surface area contributed by atoms with Crippen molar-refractivity contribution in [2.75, 3.05) is 6.61 Å². The second kappa shape index (κ2) is 6.27. The van der Waals surface area contributed by atoms with Crippen molar-refractivity contribution in [3.05, 3.63) is 29.8 Å². The van der Waals surface area contributed by atoms with E-state index in [4.69, 9.17) is 9.84 Å². The Balaban J connectivity index is 2.58. The zero-order valence-electron chi connectivity index (χ0n) is 10.4. The number of aliphatic carboxylic acids is 1. The fourth-order valence-corrected chi connectivity index (χ4v) is 1.26. The van der Waals surface area contributed by atoms with Gasteiger partial charge in [-0.1, -0.05) is 6.07 Å². The smallest absolute Gasteiger partial charge is 0.416 e. The van der Waals surface area contributed by atoms with Crippen LogP contribution in [0.5, 0.6) is 5.75 Å². The summed E-state index contributed by atoms with van der Waals surface area (Å²) >= 11 is 0. The summed E-state index contributed by atoms with van der Waals surface area (Å²) < 4.78 is 42.2. The molecule has 0 aliphatic carbocycles. The second-order valence-electron chi connectivity index (χ2n) is 3.94. The van der Waals surface area contributed by atoms with Gasteiger partial charge < -0.3 is 15.2 Å². The molecule has 0 aliphatic rings. The maximum absolute atomic E-state index is 12.4. The van der Waals surface area contributed by atoms with Crippen LogP contribution in [0, 0.1) is 0 Å². The Bertz CT molecular complexity index is 502. The minimum atomic E-state index is -4.50. The van der Waals surface area contributed by atoms with E-state index in [1.807, 2.05) is 0 Å². The van der Waals surface area contributed by atoms with Crippen LogP contribution in [0.4, 0.5) is 13.2 Å². The van der Waals surface area contributed by atoms with Crippen molar-refractivity contribution in [2.45, 2.75) is 19.1 Å². The molecular weight excluding hydrogens is 279 g/mol. The van der Waals surface area contributed by atoms with Crippen molar-refractivity contribution in [1.82, 2.24) is 5.32 Å². The molecule has 0 aromatic heterocycles. The second-order valence-corrected chi connectivity index (χ2v) is 3.94. The van der Waals surface area contributed by atoms with E-state index in [-0.39, 0.29) is 5.75 Å². The third kappa shape index (κ3) is 4.79. The predicted molar refractivity (Wildman–Crippen MR) is 62.2 cm³/mol. The minimum absolute atomic E-state index is 0.127. The molecule has 0 spiro atoms. The molecule has 110 valence electrons. The van der Waals surface area contributed by atoms with Gasteiger partial charge >= 0.3 is 12.1 Å². The lowest BCUT2D eigenvalue weighted by Gasteiger charge is -2.11. The van der Waals surface area contributed by atoms with Crippen LogP contribution < -0.4 is 10.1 Å². The van der Waals surface area contributed by atoms with Gasteiger partial charge in [-0.3, -0.25) is 9.59 Å². The first-order chi connectivity index (χ1) is 9.20. The fourth-order valence-electron chi connectivity index (χ4n) is 1.26. The Morgan fingerprint density at radius 3 is 2.60 bits per heavy atom. The van der Waals surface area contributed by atoms with Gasteiger partial charge in [0.2, 0.25) is 0 Å². The largest absolute Gasteiger partial charge is 0.484 e. The number of nitrogens with one attached hydrogen (secondary N) is 1. The fraction of sp³-hybridized carbons (Fsp3) is 0.333. The lowest BCUT2D eigenvalue weighted by molar-refractivity contribution is -0.141. The molecule has 0 fully saturated rings. The van der Waals surface area contributed by atoms with Crippen LogP contribution in [-0.4, -0.2) is 29.6 Å². The quantitative estimate of drug-likeness (QED) is 0.865. The van der Waals surface area contributed by atoms with Gasteiger partial charge in [-0.05, 0) is 25.1 Å². The molecule has 0 bridgehead atoms. The third-order valence-corrected chi connectivity index (χ3v) is 2.28. The number of alkyl halides is 3. The molecule has 2 N–H and O–H groups in total. The highest BCUT2D eigenvalue weighted by molar-refractivity contribution is 5.84. The van der Waals surface area contributed by atoms with Crippen molar-refractivity contribution >= 4 is 11.9 Å². The van der Waals surface area contributed by atoms with Crippen LogP contribution in [-0.2, 0) is 15.8 Å². The van der Waals surface area contributed by atoms with E-state index in [2.05, 4.69) is 5.32 Å². The third-order valence-electron chi connectivity index (χ3n) is 2.28. The molecule has 20 heavy (non-hydrogen) atoms. The molecule has 1 unspecified atom stereocenters. The van der Waals surface area contributed by atoms with Gasteiger partial charge in [0, 0.05) is 0 Å². The molecule has 1 aromatic rings. The van der Waals surface area contributed by atoms with E-state index in [1.54, 1.807) is 0 Å². The number of rotatable bonds is 5. The van der Waals surface area contributed by atoms with Gasteiger partial charge in [-0.2, -0.15) is 13.2 Å². The van der Waals surface area contributed by atoms with Gasteiger partial charge in [-0.15, -0.1) is 0 Å². The first-order valence-corrected chi connectivity index (χ1v) is 5.52. The van der Waals surface area contributed by atoms with E-state index < -0.39 is 36.3 Å². The standard InChI is InChI=1S/C12H12F3NO4/c1-7(11(18)19)16-10(17)6-20-9-4-2-3-8(5-9)12(13,14)15/h2-5,7H,6H2,1H3,(H,16,17)(H,18,19). The number of amides is 1. The molecule has 1 atom stereocenters. The number of hydrogen-bond acceptors (Lipinski definition) is 3. The molecule has 5 nitrogen and oxygen atoms in total. The van der Waals surface area contributed by atoms with Crippen LogP contribution in [0.1, 0.15) is 12.5 Å². The zero-order chi connectivity index (χ0) is 15.3. The van der Waals surface area contributed by atoms with Crippen molar-refractivity contribution in [3.8, 4) is 5.75 Å². The molecule has 0 radical (unpaired) electrons. The SMILES string of the molecule is CC(NC(=O)COc1cccc(C(F)(F)F)c1)C(=O)O. The molecule has 8 heteroatoms. The molecule has 0 aliphatic heterocycles. The van der Waals surface area contributed by atoms with Crippen LogP contribution >= 0.6 is 0 Å². The average molecular weight is 291 g/mol. The van der Waals surface area contributed by atoms with Gasteiger partial charge in [0.05, 0.1) is 5.56 Å². The Labute approximate surface area is 112 Å². The first kappa shape index (κ1) is 15.8. The van der Waals surface area contributed by atoms with Crippen molar-refractivity contribution < 1.29 is 32.6 Å². The average Bonchev–Trinajstić information content (AvgIpc) is 2.35. The summed E-state index contributed by atoms with van der Waals surface area (Å²) in [6.45, 7) is 0.684. The monoisotopic (exact) mass is 291 g/mol. The van der Waals surface area contributed by atoms with Gasteiger partial charge in [-0.25, -0.2) is 0 Å². The zero-order valence-corrected chi connectivity index (χ0v) is 10.4. The summed E-state index contributed by atoms with van der Waals surface area (Å²) in [5.74, 6) is -2.09. The highest BCUT2D eigenvalue weighted by atomic mass is 19.4. The molecule has 1 aromatic carbocycles. The number of ether oxygens (including phenoxy) is 1. The van der Waals surface area contributed by atoms with E-state index in [0.29, 0.717) is 0 Å². The minimum Gasteiger partial charge on any atom is -0.484 e. The molecular formula is C12H12F3NO4. The Kier molecular flexibility index (Phi) is 4.95. The summed E-state index contributed by atoms with van der Waals surface area (Å²) in [6, 6.07) is 2.94. The van der Waals surface area contributed by atoms with Crippen LogP contribution in [0.15, 0.2) is 24.3 Å². The van der Waals surface area contributed by atoms with E-state index in [0.717, 1.165) is 18.2 Å². The Morgan fingerprint density at radius 1 is 1.40 bits per heavy atom. The van der Waals surface area contributed by atoms with Crippen molar-refractivity contribution in [3.63, 3.8) is 0 Å². The molecule has 1 amide bonds. The summed E-state index contributed by atoms with van der Waals surface area (Å²) in [4.78, 5) is 21.8. The topological polar surface area (TPSA) is 75.6 Å². The van der Waals surface area contributed by atoms with Crippen molar-refractivity contribution in [2.24, 2.45) is 0 Å². The van der Waals surface area contributed by atoms with Crippen LogP contribution in [0.25, 0.3) is 0 Å². The molecule has 0 saturated heterocycles. The summed E-state index contributed by atoms with van der Waals surface area (Å²) in [6.07, 6.45) is -4.50. The maximum Gasteiger partial charge on any atom is 0.416 e. The van der Waals surface area contributed by atoms with E-state index >= 15 is 0 Å². The highest BCUT2D eigenvalue weighted by Crippen LogP contribution is 2.31. The molecule has 0 heterocycles. The van der Waals surface area contributed by atoms with Crippen molar-refractivity contribution in [1.29, 1.82) is 0 Å².